The van der Waals surface area contributed by atoms with Gasteiger partial charge in [0.2, 0.25) is 0 Å². The lowest BCUT2D eigenvalue weighted by Gasteiger charge is -2.12. The molecule has 1 aliphatic rings. The lowest BCUT2D eigenvalue weighted by Crippen LogP contribution is -1.99. The Morgan fingerprint density at radius 1 is 1.00 bits per heavy atom. The van der Waals surface area contributed by atoms with Crippen LogP contribution < -0.4 is 0 Å². The summed E-state index contributed by atoms with van der Waals surface area (Å²) in [5, 5.41) is 20.9. The number of phenols is 1. The molecular weight excluding hydrogens is 218 g/mol. The lowest BCUT2D eigenvalue weighted by molar-refractivity contribution is -0.385. The predicted octanol–water partition coefficient (Wildman–Crippen LogP) is 3.35. The second-order valence-electron chi connectivity index (χ2n) is 4.64. The van der Waals surface area contributed by atoms with E-state index >= 15 is 0 Å². The van der Waals surface area contributed by atoms with E-state index in [0.29, 0.717) is 0 Å². The number of non-ortho nitro benzene ring substituents is 1. The molecule has 0 fully saturated rings. The van der Waals surface area contributed by atoms with Gasteiger partial charge in [-0.15, -0.1) is 0 Å². The number of phenolic OH excluding ortho intramolecular Hbond substituents is 1. The maximum Gasteiger partial charge on any atom is 0.270 e. The molecular formula is C13H17NO3. The number of benzene rings is 1. The van der Waals surface area contributed by atoms with Crippen LogP contribution in [0.1, 0.15) is 43.2 Å². The van der Waals surface area contributed by atoms with Gasteiger partial charge in [-0.3, -0.25) is 10.1 Å². The van der Waals surface area contributed by atoms with Gasteiger partial charge in [-0.25, -0.2) is 0 Å². The summed E-state index contributed by atoms with van der Waals surface area (Å²) in [5.41, 5.74) is 1.57. The Hall–Kier alpha value is -1.58. The molecule has 0 radical (unpaired) electrons. The van der Waals surface area contributed by atoms with Gasteiger partial charge in [0.1, 0.15) is 5.75 Å². The molecule has 4 heteroatoms. The third-order valence-electron chi connectivity index (χ3n) is 3.36. The quantitative estimate of drug-likeness (QED) is 0.599. The maximum atomic E-state index is 10.8. The van der Waals surface area contributed by atoms with E-state index in [-0.39, 0.29) is 16.4 Å². The predicted molar refractivity (Wildman–Crippen MR) is 65.3 cm³/mol. The van der Waals surface area contributed by atoms with Crippen molar-refractivity contribution in [1.82, 2.24) is 0 Å². The number of hydrogen-bond donors (Lipinski definition) is 1. The Kier molecular flexibility index (Phi) is 3.61. The largest absolute Gasteiger partial charge is 0.507 e. The molecule has 0 aliphatic heterocycles. The van der Waals surface area contributed by atoms with Gasteiger partial charge >= 0.3 is 0 Å². The van der Waals surface area contributed by atoms with Crippen LogP contribution in [0, 0.1) is 10.1 Å². The topological polar surface area (TPSA) is 63.4 Å². The van der Waals surface area contributed by atoms with Crippen LogP contribution in [0.3, 0.4) is 0 Å². The van der Waals surface area contributed by atoms with Crippen molar-refractivity contribution in [3.63, 3.8) is 0 Å². The average Bonchev–Trinajstić information content (AvgIpc) is 2.29. The van der Waals surface area contributed by atoms with Crippen LogP contribution >= 0.6 is 0 Å². The maximum absolute atomic E-state index is 10.8. The molecule has 0 saturated carbocycles. The lowest BCUT2D eigenvalue weighted by atomic mass is 9.95. The number of aryl methyl sites for hydroxylation is 2. The second kappa shape index (κ2) is 5.17. The summed E-state index contributed by atoms with van der Waals surface area (Å²) in [6.07, 6.45) is 6.95. The second-order valence-corrected chi connectivity index (χ2v) is 4.64. The standard InChI is InChI=1S/C13H17NO3/c15-13-10-6-4-2-1-3-5-7-11(13)9-12(8-10)14(16)17/h8-9,15H,1-7H2. The summed E-state index contributed by atoms with van der Waals surface area (Å²) in [6, 6.07) is 3.03. The van der Waals surface area contributed by atoms with Crippen LogP contribution in [-0.4, -0.2) is 10.0 Å². The highest BCUT2D eigenvalue weighted by Gasteiger charge is 2.16. The molecule has 0 saturated heterocycles. The average molecular weight is 235 g/mol. The highest BCUT2D eigenvalue weighted by Crippen LogP contribution is 2.31. The normalized spacial score (nSPS) is 16.5. The Balaban J connectivity index is 2.40. The van der Waals surface area contributed by atoms with Gasteiger partial charge in [-0.1, -0.05) is 19.3 Å². The van der Waals surface area contributed by atoms with Crippen LogP contribution in [-0.2, 0) is 12.8 Å². The van der Waals surface area contributed by atoms with E-state index < -0.39 is 0 Å². The zero-order chi connectivity index (χ0) is 12.3. The molecule has 1 aliphatic carbocycles. The van der Waals surface area contributed by atoms with Gasteiger partial charge in [0.05, 0.1) is 4.92 Å². The van der Waals surface area contributed by atoms with Crippen molar-refractivity contribution in [3.05, 3.63) is 33.4 Å². The van der Waals surface area contributed by atoms with Crippen LogP contribution in [0.4, 0.5) is 5.69 Å². The van der Waals surface area contributed by atoms with Crippen LogP contribution in [0.5, 0.6) is 5.75 Å². The fraction of sp³-hybridized carbons (Fsp3) is 0.538. The Morgan fingerprint density at radius 3 is 1.94 bits per heavy atom. The van der Waals surface area contributed by atoms with E-state index in [9.17, 15) is 15.2 Å². The number of nitro benzene ring substituents is 1. The van der Waals surface area contributed by atoms with Gasteiger partial charge in [0, 0.05) is 23.3 Å². The number of hydrogen-bond acceptors (Lipinski definition) is 3. The minimum atomic E-state index is -0.377. The first kappa shape index (κ1) is 11.9. The van der Waals surface area contributed by atoms with Crippen LogP contribution in [0.15, 0.2) is 12.1 Å². The van der Waals surface area contributed by atoms with Crippen molar-refractivity contribution in [2.75, 3.05) is 0 Å². The zero-order valence-electron chi connectivity index (χ0n) is 9.82. The summed E-state index contributed by atoms with van der Waals surface area (Å²) < 4.78 is 0. The van der Waals surface area contributed by atoms with E-state index in [1.165, 1.54) is 18.6 Å². The van der Waals surface area contributed by atoms with E-state index in [0.717, 1.165) is 49.7 Å². The summed E-state index contributed by atoms with van der Waals surface area (Å²) in [6.45, 7) is 0. The van der Waals surface area contributed by atoms with Gasteiger partial charge in [0.25, 0.3) is 5.69 Å². The molecule has 0 unspecified atom stereocenters. The van der Waals surface area contributed by atoms with Crippen LogP contribution in [0.2, 0.25) is 0 Å². The van der Waals surface area contributed by atoms with Crippen molar-refractivity contribution < 1.29 is 10.0 Å². The first-order chi connectivity index (χ1) is 8.18. The molecule has 0 aromatic heterocycles. The van der Waals surface area contributed by atoms with Crippen LogP contribution in [0.25, 0.3) is 0 Å². The van der Waals surface area contributed by atoms with Crippen molar-refractivity contribution in [1.29, 1.82) is 0 Å². The van der Waals surface area contributed by atoms with E-state index in [4.69, 9.17) is 0 Å². The highest BCUT2D eigenvalue weighted by molar-refractivity contribution is 5.49. The Labute approximate surface area is 100 Å². The van der Waals surface area contributed by atoms with E-state index in [1.807, 2.05) is 0 Å². The fourth-order valence-corrected chi connectivity index (χ4v) is 2.39. The summed E-state index contributed by atoms with van der Waals surface area (Å²) in [7, 11) is 0. The minimum absolute atomic E-state index is 0.105. The minimum Gasteiger partial charge on any atom is -0.507 e. The summed E-state index contributed by atoms with van der Waals surface area (Å²) in [5.74, 6) is 0.275. The third kappa shape index (κ3) is 2.75. The molecule has 17 heavy (non-hydrogen) atoms. The molecule has 92 valence electrons. The molecule has 0 atom stereocenters. The molecule has 1 aromatic rings. The zero-order valence-corrected chi connectivity index (χ0v) is 9.82. The Morgan fingerprint density at radius 2 is 1.47 bits per heavy atom. The molecule has 0 heterocycles. The number of aromatic hydroxyl groups is 1. The monoisotopic (exact) mass is 235 g/mol. The highest BCUT2D eigenvalue weighted by atomic mass is 16.6. The number of nitro groups is 1. The van der Waals surface area contributed by atoms with Crippen molar-refractivity contribution in [3.8, 4) is 5.75 Å². The molecule has 4 nitrogen and oxygen atoms in total. The number of fused-ring (bicyclic) bond motifs is 2. The van der Waals surface area contributed by atoms with Crippen molar-refractivity contribution >= 4 is 5.69 Å². The molecule has 2 bridgehead atoms. The van der Waals surface area contributed by atoms with Crippen molar-refractivity contribution in [2.45, 2.75) is 44.9 Å². The van der Waals surface area contributed by atoms with E-state index in [1.54, 1.807) is 0 Å². The van der Waals surface area contributed by atoms with Gasteiger partial charge in [-0.05, 0) is 25.7 Å². The molecule has 0 amide bonds. The molecule has 1 N–H and O–H groups in total. The first-order valence-corrected chi connectivity index (χ1v) is 6.17. The molecule has 2 rings (SSSR count). The number of rotatable bonds is 1. The molecule has 1 aromatic carbocycles. The number of nitrogens with zero attached hydrogens (tertiary/aromatic N) is 1. The van der Waals surface area contributed by atoms with Gasteiger partial charge in [-0.2, -0.15) is 0 Å². The fourth-order valence-electron chi connectivity index (χ4n) is 2.39. The van der Waals surface area contributed by atoms with E-state index in [2.05, 4.69) is 0 Å². The van der Waals surface area contributed by atoms with Gasteiger partial charge in [0.15, 0.2) is 0 Å². The first-order valence-electron chi connectivity index (χ1n) is 6.17. The van der Waals surface area contributed by atoms with Crippen molar-refractivity contribution in [2.24, 2.45) is 0 Å². The summed E-state index contributed by atoms with van der Waals surface area (Å²) >= 11 is 0. The molecule has 0 spiro atoms. The third-order valence-corrected chi connectivity index (χ3v) is 3.36. The Bertz CT molecular complexity index is 400. The summed E-state index contributed by atoms with van der Waals surface area (Å²) in [4.78, 5) is 10.5. The SMILES string of the molecule is O=[N+]([O-])c1cc2c(O)c(c1)CCCCCCC2. The van der Waals surface area contributed by atoms with Gasteiger partial charge < -0.3 is 5.11 Å². The smallest absolute Gasteiger partial charge is 0.270 e.